The van der Waals surface area contributed by atoms with Gasteiger partial charge in [-0.3, -0.25) is 4.79 Å². The van der Waals surface area contributed by atoms with Crippen LogP contribution in [0.5, 0.6) is 11.5 Å². The van der Waals surface area contributed by atoms with E-state index in [-0.39, 0.29) is 11.3 Å². The highest BCUT2D eigenvalue weighted by Crippen LogP contribution is 2.31. The van der Waals surface area contributed by atoms with E-state index in [4.69, 9.17) is 9.47 Å². The van der Waals surface area contributed by atoms with Crippen LogP contribution in [0.1, 0.15) is 33.1 Å². The summed E-state index contributed by atoms with van der Waals surface area (Å²) in [5.74, 6) is -1.04. The van der Waals surface area contributed by atoms with Crippen LogP contribution in [0.4, 0.5) is 0 Å². The van der Waals surface area contributed by atoms with Crippen molar-refractivity contribution in [3.63, 3.8) is 0 Å². The van der Waals surface area contributed by atoms with Crippen LogP contribution >= 0.6 is 0 Å². The molecule has 0 fully saturated rings. The van der Waals surface area contributed by atoms with Crippen LogP contribution in [0.3, 0.4) is 0 Å². The van der Waals surface area contributed by atoms with Gasteiger partial charge in [-0.25, -0.2) is 4.79 Å². The molecule has 6 nitrogen and oxygen atoms in total. The van der Waals surface area contributed by atoms with E-state index in [1.54, 1.807) is 30.3 Å². The Kier molecular flexibility index (Phi) is 5.64. The number of hydrogen-bond donors (Lipinski definition) is 2. The third-order valence-electron chi connectivity index (χ3n) is 3.75. The second-order valence-corrected chi connectivity index (χ2v) is 5.71. The fourth-order valence-corrected chi connectivity index (χ4v) is 2.74. The quantitative estimate of drug-likeness (QED) is 0.842. The standard InChI is InChI=1S/C19H21NO5/c1-11-8-12(2)10-13(9-11)16(19(22)23)20-18(21)14-6-5-7-15(24-3)17(14)25-4/h5-10,16H,1-4H3,(H,20,21)(H,22,23). The molecule has 0 aliphatic heterocycles. The summed E-state index contributed by atoms with van der Waals surface area (Å²) in [5.41, 5.74) is 2.57. The summed E-state index contributed by atoms with van der Waals surface area (Å²) >= 11 is 0. The zero-order valence-corrected chi connectivity index (χ0v) is 14.6. The second-order valence-electron chi connectivity index (χ2n) is 5.71. The minimum atomic E-state index is -1.16. The van der Waals surface area contributed by atoms with Crippen molar-refractivity contribution in [1.29, 1.82) is 0 Å². The third kappa shape index (κ3) is 4.09. The van der Waals surface area contributed by atoms with Gasteiger partial charge in [0.2, 0.25) is 0 Å². The van der Waals surface area contributed by atoms with Gasteiger partial charge in [-0.15, -0.1) is 0 Å². The Morgan fingerprint density at radius 1 is 1.04 bits per heavy atom. The van der Waals surface area contributed by atoms with E-state index in [1.807, 2.05) is 19.9 Å². The molecule has 0 heterocycles. The summed E-state index contributed by atoms with van der Waals surface area (Å²) in [6.45, 7) is 3.75. The fraction of sp³-hybridized carbons (Fsp3) is 0.263. The molecule has 0 aromatic heterocycles. The van der Waals surface area contributed by atoms with Crippen molar-refractivity contribution in [2.24, 2.45) is 0 Å². The Balaban J connectivity index is 2.38. The van der Waals surface area contributed by atoms with Gasteiger partial charge in [-0.05, 0) is 31.5 Å². The molecule has 1 amide bonds. The number of carboxylic acid groups (broad SMARTS) is 1. The van der Waals surface area contributed by atoms with Crippen molar-refractivity contribution in [2.75, 3.05) is 14.2 Å². The SMILES string of the molecule is COc1cccc(C(=O)NC(C(=O)O)c2cc(C)cc(C)c2)c1OC. The molecule has 2 rings (SSSR count). The molecule has 1 unspecified atom stereocenters. The van der Waals surface area contributed by atoms with Crippen molar-refractivity contribution in [3.05, 3.63) is 58.7 Å². The van der Waals surface area contributed by atoms with E-state index >= 15 is 0 Å². The van der Waals surface area contributed by atoms with Gasteiger partial charge in [-0.2, -0.15) is 0 Å². The van der Waals surface area contributed by atoms with Gasteiger partial charge >= 0.3 is 5.97 Å². The lowest BCUT2D eigenvalue weighted by Crippen LogP contribution is -2.34. The summed E-state index contributed by atoms with van der Waals surface area (Å²) < 4.78 is 10.4. The van der Waals surface area contributed by atoms with E-state index in [0.29, 0.717) is 11.3 Å². The summed E-state index contributed by atoms with van der Waals surface area (Å²) in [4.78, 5) is 24.3. The summed E-state index contributed by atoms with van der Waals surface area (Å²) in [6.07, 6.45) is 0. The number of methoxy groups -OCH3 is 2. The van der Waals surface area contributed by atoms with Crippen molar-refractivity contribution < 1.29 is 24.2 Å². The molecule has 0 radical (unpaired) electrons. The number of benzene rings is 2. The summed E-state index contributed by atoms with van der Waals surface area (Å²) in [6, 6.07) is 9.12. The highest BCUT2D eigenvalue weighted by atomic mass is 16.5. The zero-order chi connectivity index (χ0) is 18.6. The van der Waals surface area contributed by atoms with Gasteiger partial charge in [0, 0.05) is 0 Å². The smallest absolute Gasteiger partial charge is 0.330 e. The molecule has 0 bridgehead atoms. The number of amides is 1. The molecule has 2 aromatic rings. The lowest BCUT2D eigenvalue weighted by molar-refractivity contribution is -0.139. The first-order valence-corrected chi connectivity index (χ1v) is 7.70. The summed E-state index contributed by atoms with van der Waals surface area (Å²) in [7, 11) is 2.89. The number of hydrogen-bond acceptors (Lipinski definition) is 4. The number of rotatable bonds is 6. The molecule has 6 heteroatoms. The number of ether oxygens (including phenoxy) is 2. The third-order valence-corrected chi connectivity index (χ3v) is 3.75. The first-order valence-electron chi connectivity index (χ1n) is 7.70. The Hall–Kier alpha value is -3.02. The molecule has 0 spiro atoms. The topological polar surface area (TPSA) is 84.9 Å². The lowest BCUT2D eigenvalue weighted by atomic mass is 10.0. The number of nitrogens with one attached hydrogen (secondary N) is 1. The second kappa shape index (κ2) is 7.70. The predicted octanol–water partition coefficient (Wildman–Crippen LogP) is 2.88. The van der Waals surface area contributed by atoms with Crippen LogP contribution in [0.25, 0.3) is 0 Å². The molecular formula is C19H21NO5. The maximum Gasteiger partial charge on any atom is 0.330 e. The van der Waals surface area contributed by atoms with Crippen LogP contribution in [0, 0.1) is 13.8 Å². The minimum absolute atomic E-state index is 0.206. The number of carbonyl (C=O) groups excluding carboxylic acids is 1. The molecule has 0 aliphatic carbocycles. The average molecular weight is 343 g/mol. The Morgan fingerprint density at radius 2 is 1.68 bits per heavy atom. The van der Waals surface area contributed by atoms with Crippen molar-refractivity contribution >= 4 is 11.9 Å². The Morgan fingerprint density at radius 3 is 2.20 bits per heavy atom. The largest absolute Gasteiger partial charge is 0.493 e. The van der Waals surface area contributed by atoms with Crippen LogP contribution in [0.15, 0.2) is 36.4 Å². The molecule has 0 saturated heterocycles. The van der Waals surface area contributed by atoms with Crippen LogP contribution in [0.2, 0.25) is 0 Å². The van der Waals surface area contributed by atoms with Gasteiger partial charge in [0.25, 0.3) is 5.91 Å². The molecule has 2 aromatic carbocycles. The maximum absolute atomic E-state index is 12.6. The van der Waals surface area contributed by atoms with Crippen molar-refractivity contribution in [3.8, 4) is 11.5 Å². The lowest BCUT2D eigenvalue weighted by Gasteiger charge is -2.18. The van der Waals surface area contributed by atoms with Gasteiger partial charge in [-0.1, -0.05) is 35.4 Å². The molecule has 132 valence electrons. The highest BCUT2D eigenvalue weighted by molar-refractivity contribution is 5.99. The van der Waals surface area contributed by atoms with Gasteiger partial charge < -0.3 is 19.9 Å². The molecule has 0 aliphatic rings. The maximum atomic E-state index is 12.6. The van der Waals surface area contributed by atoms with E-state index in [1.165, 1.54) is 14.2 Å². The number of aryl methyl sites for hydroxylation is 2. The average Bonchev–Trinajstić information content (AvgIpc) is 2.57. The molecule has 2 N–H and O–H groups in total. The van der Waals surface area contributed by atoms with Gasteiger partial charge in [0.1, 0.15) is 0 Å². The number of carboxylic acids is 1. The number of aliphatic carboxylic acids is 1. The zero-order valence-electron chi connectivity index (χ0n) is 14.6. The van der Waals surface area contributed by atoms with Crippen LogP contribution in [-0.4, -0.2) is 31.2 Å². The monoisotopic (exact) mass is 343 g/mol. The van der Waals surface area contributed by atoms with Crippen molar-refractivity contribution in [1.82, 2.24) is 5.32 Å². The first-order chi connectivity index (χ1) is 11.9. The van der Waals surface area contributed by atoms with E-state index in [2.05, 4.69) is 5.32 Å². The molecule has 25 heavy (non-hydrogen) atoms. The van der Waals surface area contributed by atoms with Crippen LogP contribution in [-0.2, 0) is 4.79 Å². The van der Waals surface area contributed by atoms with E-state index < -0.39 is 17.9 Å². The number of para-hydroxylation sites is 1. The molecular weight excluding hydrogens is 322 g/mol. The minimum Gasteiger partial charge on any atom is -0.493 e. The van der Waals surface area contributed by atoms with Crippen molar-refractivity contribution in [2.45, 2.75) is 19.9 Å². The normalized spacial score (nSPS) is 11.5. The van der Waals surface area contributed by atoms with Gasteiger partial charge in [0.15, 0.2) is 17.5 Å². The molecule has 1 atom stereocenters. The first kappa shape index (κ1) is 18.3. The fourth-order valence-electron chi connectivity index (χ4n) is 2.74. The highest BCUT2D eigenvalue weighted by Gasteiger charge is 2.25. The van der Waals surface area contributed by atoms with Crippen LogP contribution < -0.4 is 14.8 Å². The van der Waals surface area contributed by atoms with E-state index in [9.17, 15) is 14.7 Å². The van der Waals surface area contributed by atoms with E-state index in [0.717, 1.165) is 11.1 Å². The summed E-state index contributed by atoms with van der Waals surface area (Å²) in [5, 5.41) is 12.1. The molecule has 0 saturated carbocycles. The predicted molar refractivity (Wildman–Crippen MR) is 93.3 cm³/mol. The van der Waals surface area contributed by atoms with Gasteiger partial charge in [0.05, 0.1) is 19.8 Å². The number of carbonyl (C=O) groups is 2. The Labute approximate surface area is 146 Å². The Bertz CT molecular complexity index is 780.